The van der Waals surface area contributed by atoms with Crippen LogP contribution in [0.5, 0.6) is 0 Å². The number of unbranched alkanes of at least 4 members (excludes halogenated alkanes) is 31. The molecule has 0 amide bonds. The zero-order chi connectivity index (χ0) is 59.2. The van der Waals surface area contributed by atoms with Crippen molar-refractivity contribution in [2.75, 3.05) is 13.2 Å². The Kier molecular flexibility index (Phi) is 65.8. The largest absolute Gasteiger partial charge is 0.462 e. The van der Waals surface area contributed by atoms with E-state index in [-0.39, 0.29) is 31.1 Å². The molecule has 0 N–H and O–H groups in total. The predicted octanol–water partition coefficient (Wildman–Crippen LogP) is 23.9. The fourth-order valence-corrected chi connectivity index (χ4v) is 9.58. The third kappa shape index (κ3) is 66.6. The van der Waals surface area contributed by atoms with Crippen LogP contribution in [0.15, 0.2) is 122 Å². The van der Waals surface area contributed by atoms with Crippen LogP contribution in [0.25, 0.3) is 0 Å². The second-order valence-electron chi connectivity index (χ2n) is 22.7. The SMILES string of the molecule is CC/C=C\C/C=C\C/C=C\C/C=C\C/C=C\CCCCCCCC(=O)OC(COC(=O)CCCCCCC/C=C\CCC)COC(=O)CCCCCCCCCCCCCCCCCCCCCC/C=C\C/C=C\C/C=C\C/C=C\CC. The zero-order valence-electron chi connectivity index (χ0n) is 53.7. The molecule has 6 nitrogen and oxygen atoms in total. The van der Waals surface area contributed by atoms with E-state index in [1.807, 2.05) is 0 Å². The fourth-order valence-electron chi connectivity index (χ4n) is 9.58. The van der Waals surface area contributed by atoms with Crippen LogP contribution < -0.4 is 0 Å². The third-order valence-corrected chi connectivity index (χ3v) is 14.7. The van der Waals surface area contributed by atoms with Gasteiger partial charge in [0.25, 0.3) is 0 Å². The van der Waals surface area contributed by atoms with E-state index in [4.69, 9.17) is 14.2 Å². The first-order valence-electron chi connectivity index (χ1n) is 34.5. The topological polar surface area (TPSA) is 78.9 Å². The second kappa shape index (κ2) is 69.3. The Hall–Kier alpha value is -4.19. The van der Waals surface area contributed by atoms with Gasteiger partial charge in [-0.25, -0.2) is 0 Å². The first-order chi connectivity index (χ1) is 40.5. The van der Waals surface area contributed by atoms with E-state index < -0.39 is 6.10 Å². The molecular formula is C76H128O6. The van der Waals surface area contributed by atoms with Gasteiger partial charge >= 0.3 is 17.9 Å². The third-order valence-electron chi connectivity index (χ3n) is 14.7. The molecule has 0 rings (SSSR count). The Balaban J connectivity index is 4.15. The maximum absolute atomic E-state index is 12.9. The molecule has 0 aromatic rings. The Morgan fingerprint density at radius 3 is 0.756 bits per heavy atom. The van der Waals surface area contributed by atoms with E-state index in [0.29, 0.717) is 19.3 Å². The molecule has 6 heteroatoms. The number of ether oxygens (including phenoxy) is 3. The summed E-state index contributed by atoms with van der Waals surface area (Å²) in [6.45, 7) is 6.35. The average molecular weight is 1140 g/mol. The smallest absolute Gasteiger partial charge is 0.306 e. The molecule has 468 valence electrons. The van der Waals surface area contributed by atoms with Crippen molar-refractivity contribution in [1.82, 2.24) is 0 Å². The molecular weight excluding hydrogens is 1010 g/mol. The lowest BCUT2D eigenvalue weighted by atomic mass is 10.0. The lowest BCUT2D eigenvalue weighted by molar-refractivity contribution is -0.167. The molecule has 0 saturated carbocycles. The van der Waals surface area contributed by atoms with Gasteiger partial charge < -0.3 is 14.2 Å². The van der Waals surface area contributed by atoms with E-state index in [2.05, 4.69) is 142 Å². The summed E-state index contributed by atoms with van der Waals surface area (Å²) in [4.78, 5) is 38.3. The van der Waals surface area contributed by atoms with Gasteiger partial charge in [-0.2, -0.15) is 0 Å². The van der Waals surface area contributed by atoms with Gasteiger partial charge in [0.05, 0.1) is 0 Å². The van der Waals surface area contributed by atoms with Gasteiger partial charge in [0.15, 0.2) is 6.10 Å². The van der Waals surface area contributed by atoms with Crippen LogP contribution in [0.2, 0.25) is 0 Å². The first kappa shape index (κ1) is 77.8. The van der Waals surface area contributed by atoms with Crippen molar-refractivity contribution in [2.45, 2.75) is 329 Å². The number of carbonyl (C=O) groups is 3. The summed E-state index contributed by atoms with van der Waals surface area (Å²) in [5.74, 6) is -0.909. The number of carbonyl (C=O) groups excluding carboxylic acids is 3. The summed E-state index contributed by atoms with van der Waals surface area (Å²) in [6, 6.07) is 0. The van der Waals surface area contributed by atoms with Crippen LogP contribution in [0.1, 0.15) is 323 Å². The molecule has 82 heavy (non-hydrogen) atoms. The average Bonchev–Trinajstić information content (AvgIpc) is 3.47. The van der Waals surface area contributed by atoms with E-state index in [9.17, 15) is 14.4 Å². The summed E-state index contributed by atoms with van der Waals surface area (Å²) in [6.07, 6.45) is 96.7. The highest BCUT2D eigenvalue weighted by molar-refractivity contribution is 5.71. The zero-order valence-corrected chi connectivity index (χ0v) is 53.7. The van der Waals surface area contributed by atoms with Gasteiger partial charge in [-0.3, -0.25) is 14.4 Å². The minimum atomic E-state index is -0.793. The van der Waals surface area contributed by atoms with E-state index in [1.165, 1.54) is 128 Å². The van der Waals surface area contributed by atoms with Crippen LogP contribution in [0.4, 0.5) is 0 Å². The molecule has 0 aromatic heterocycles. The normalized spacial score (nSPS) is 12.9. The minimum absolute atomic E-state index is 0.0876. The Morgan fingerprint density at radius 1 is 0.256 bits per heavy atom. The summed E-state index contributed by atoms with van der Waals surface area (Å²) in [5, 5.41) is 0. The van der Waals surface area contributed by atoms with Crippen molar-refractivity contribution >= 4 is 17.9 Å². The first-order valence-corrected chi connectivity index (χ1v) is 34.5. The van der Waals surface area contributed by atoms with E-state index in [1.54, 1.807) is 0 Å². The molecule has 0 spiro atoms. The van der Waals surface area contributed by atoms with Gasteiger partial charge in [-0.1, -0.05) is 303 Å². The summed E-state index contributed by atoms with van der Waals surface area (Å²) < 4.78 is 16.9. The number of esters is 3. The highest BCUT2D eigenvalue weighted by atomic mass is 16.6. The van der Waals surface area contributed by atoms with Crippen molar-refractivity contribution in [3.63, 3.8) is 0 Å². The Labute approximate surface area is 507 Å². The van der Waals surface area contributed by atoms with Crippen LogP contribution in [0.3, 0.4) is 0 Å². The number of rotatable bonds is 62. The quantitative estimate of drug-likeness (QED) is 0.0261. The van der Waals surface area contributed by atoms with Crippen molar-refractivity contribution in [1.29, 1.82) is 0 Å². The molecule has 0 saturated heterocycles. The highest BCUT2D eigenvalue weighted by Gasteiger charge is 2.19. The molecule has 0 aliphatic rings. The summed E-state index contributed by atoms with van der Waals surface area (Å²) in [7, 11) is 0. The van der Waals surface area contributed by atoms with Crippen LogP contribution in [0, 0.1) is 0 Å². The van der Waals surface area contributed by atoms with E-state index >= 15 is 0 Å². The molecule has 1 unspecified atom stereocenters. The van der Waals surface area contributed by atoms with E-state index in [0.717, 1.165) is 154 Å². The summed E-state index contributed by atoms with van der Waals surface area (Å²) in [5.41, 5.74) is 0. The molecule has 0 bridgehead atoms. The Bertz CT molecular complexity index is 1690. The van der Waals surface area contributed by atoms with Crippen LogP contribution in [-0.4, -0.2) is 37.2 Å². The molecule has 0 aromatic carbocycles. The van der Waals surface area contributed by atoms with Crippen molar-refractivity contribution < 1.29 is 28.6 Å². The highest BCUT2D eigenvalue weighted by Crippen LogP contribution is 2.17. The number of hydrogen-bond acceptors (Lipinski definition) is 6. The molecule has 0 heterocycles. The maximum Gasteiger partial charge on any atom is 0.306 e. The summed E-state index contributed by atoms with van der Waals surface area (Å²) >= 11 is 0. The Morgan fingerprint density at radius 2 is 0.476 bits per heavy atom. The molecule has 1 atom stereocenters. The minimum Gasteiger partial charge on any atom is -0.462 e. The van der Waals surface area contributed by atoms with Gasteiger partial charge in [-0.15, -0.1) is 0 Å². The molecule has 0 aliphatic carbocycles. The standard InChI is InChI=1S/C76H128O6/c1-4-7-10-13-16-19-22-24-26-28-30-32-33-34-35-36-37-38-39-40-41-42-43-45-46-48-50-52-54-57-60-63-66-69-75(78)81-72-73(71-80-74(77)68-65-62-59-56-21-18-15-12-9-6-3)82-76(79)70-67-64-61-58-55-53-51-49-47-44-31-29-27-25-23-20-17-14-11-8-5-2/h7-8,10-12,15-17,19-20,24-27,30-32,44,49,51,73H,4-6,9,13-14,18,21-23,28-29,33-43,45-48,50,52-72H2,1-3H3/b10-7-,11-8-,15-12-,19-16-,20-17-,26-24-,27-25-,32-30-,44-31-,51-49-. The fraction of sp³-hybridized carbons (Fsp3) is 0.697. The van der Waals surface area contributed by atoms with Gasteiger partial charge in [-0.05, 0) is 122 Å². The van der Waals surface area contributed by atoms with Crippen molar-refractivity contribution in [3.8, 4) is 0 Å². The van der Waals surface area contributed by atoms with Crippen molar-refractivity contribution in [3.05, 3.63) is 122 Å². The predicted molar refractivity (Wildman–Crippen MR) is 357 cm³/mol. The molecule has 0 fully saturated rings. The van der Waals surface area contributed by atoms with Gasteiger partial charge in [0.2, 0.25) is 0 Å². The monoisotopic (exact) mass is 1140 g/mol. The van der Waals surface area contributed by atoms with Gasteiger partial charge in [0.1, 0.15) is 13.2 Å². The number of allylic oxidation sites excluding steroid dienone is 20. The van der Waals surface area contributed by atoms with Crippen LogP contribution >= 0.6 is 0 Å². The second-order valence-corrected chi connectivity index (χ2v) is 22.7. The molecule has 0 aliphatic heterocycles. The lowest BCUT2D eigenvalue weighted by Gasteiger charge is -2.18. The van der Waals surface area contributed by atoms with Crippen molar-refractivity contribution in [2.24, 2.45) is 0 Å². The maximum atomic E-state index is 12.9. The lowest BCUT2D eigenvalue weighted by Crippen LogP contribution is -2.30. The molecule has 0 radical (unpaired) electrons. The number of hydrogen-bond donors (Lipinski definition) is 0. The van der Waals surface area contributed by atoms with Gasteiger partial charge in [0, 0.05) is 19.3 Å². The van der Waals surface area contributed by atoms with Crippen LogP contribution in [-0.2, 0) is 28.6 Å².